The molecule has 0 amide bonds. The smallest absolute Gasteiger partial charge is 0.214 e. The van der Waals surface area contributed by atoms with E-state index in [1.54, 1.807) is 34.6 Å². The third kappa shape index (κ3) is 4.13. The molecule has 3 aromatic heterocycles. The zero-order chi connectivity index (χ0) is 20.4. The van der Waals surface area contributed by atoms with Crippen molar-refractivity contribution in [1.29, 1.82) is 0 Å². The maximum atomic E-state index is 13.3. The summed E-state index contributed by atoms with van der Waals surface area (Å²) in [5.41, 5.74) is 3.25. The molecule has 0 aliphatic carbocycles. The maximum absolute atomic E-state index is 13.3. The minimum Gasteiger partial charge on any atom is -0.587 e. The van der Waals surface area contributed by atoms with Crippen LogP contribution in [-0.4, -0.2) is 25.5 Å². The average molecular weight is 474 g/mol. The molecule has 0 fully saturated rings. The predicted molar refractivity (Wildman–Crippen MR) is 116 cm³/mol. The van der Waals surface area contributed by atoms with Gasteiger partial charge in [0, 0.05) is 23.8 Å². The molecule has 0 radical (unpaired) electrons. The normalized spacial score (nSPS) is 12.3. The zero-order valence-electron chi connectivity index (χ0n) is 15.4. The van der Waals surface area contributed by atoms with E-state index < -0.39 is 17.3 Å². The molecule has 1 aromatic carbocycles. The predicted octanol–water partition coefficient (Wildman–Crippen LogP) is 4.37. The van der Waals surface area contributed by atoms with Crippen molar-refractivity contribution in [2.24, 2.45) is 0 Å². The van der Waals surface area contributed by atoms with Gasteiger partial charge < -0.3 is 15.2 Å². The Hall–Kier alpha value is -2.46. The first kappa shape index (κ1) is 19.8. The second-order valence-corrected chi connectivity index (χ2v) is 8.39. The lowest BCUT2D eigenvalue weighted by molar-refractivity contribution is 0.581. The third-order valence-electron chi connectivity index (χ3n) is 4.33. The van der Waals surface area contributed by atoms with E-state index in [9.17, 15) is 8.94 Å². The lowest BCUT2D eigenvalue weighted by Crippen LogP contribution is -2.12. The summed E-state index contributed by atoms with van der Waals surface area (Å²) in [6.45, 7) is 0.647. The van der Waals surface area contributed by atoms with Gasteiger partial charge in [0.1, 0.15) is 21.5 Å². The molecule has 148 valence electrons. The number of anilines is 2. The van der Waals surface area contributed by atoms with Crippen molar-refractivity contribution in [3.05, 3.63) is 77.2 Å². The van der Waals surface area contributed by atoms with Crippen LogP contribution in [0.5, 0.6) is 0 Å². The molecule has 0 saturated heterocycles. The summed E-state index contributed by atoms with van der Waals surface area (Å²) in [6.07, 6.45) is 5.14. The first-order chi connectivity index (χ1) is 14.1. The fraction of sp³-hybridized carbons (Fsp3) is 0.100. The number of rotatable bonds is 6. The zero-order valence-corrected chi connectivity index (χ0v) is 17.8. The van der Waals surface area contributed by atoms with E-state index in [0.717, 1.165) is 22.2 Å². The number of nitrogens with one attached hydrogen (secondary N) is 2. The lowest BCUT2D eigenvalue weighted by Gasteiger charge is -2.12. The van der Waals surface area contributed by atoms with Crippen LogP contribution in [0.4, 0.5) is 15.8 Å². The fourth-order valence-electron chi connectivity index (χ4n) is 3.04. The van der Waals surface area contributed by atoms with Crippen molar-refractivity contribution >= 4 is 49.6 Å². The molecule has 0 spiro atoms. The van der Waals surface area contributed by atoms with Crippen molar-refractivity contribution in [3.8, 4) is 0 Å². The van der Waals surface area contributed by atoms with E-state index >= 15 is 0 Å². The summed E-state index contributed by atoms with van der Waals surface area (Å²) in [5, 5.41) is 7.37. The van der Waals surface area contributed by atoms with Crippen LogP contribution in [0.1, 0.15) is 5.56 Å². The molecule has 3 heterocycles. The number of pyridine rings is 2. The van der Waals surface area contributed by atoms with Crippen molar-refractivity contribution in [2.75, 3.05) is 12.4 Å². The second-order valence-electron chi connectivity index (χ2n) is 6.28. The molecule has 0 aliphatic heterocycles. The Labute approximate surface area is 178 Å². The highest BCUT2D eigenvalue weighted by molar-refractivity contribution is 9.10. The Morgan fingerprint density at radius 3 is 2.83 bits per heavy atom. The number of benzene rings is 1. The number of aromatic nitrogens is 3. The average Bonchev–Trinajstić information content (AvgIpc) is 3.08. The Morgan fingerprint density at radius 2 is 2.10 bits per heavy atom. The number of nitrogens with zero attached hydrogens (tertiary/aromatic N) is 3. The minimum atomic E-state index is -1.44. The molecule has 2 N–H and O–H groups in total. The van der Waals surface area contributed by atoms with Crippen molar-refractivity contribution in [1.82, 2.24) is 19.3 Å². The van der Waals surface area contributed by atoms with Crippen LogP contribution in [0.25, 0.3) is 10.9 Å². The van der Waals surface area contributed by atoms with Crippen molar-refractivity contribution < 1.29 is 8.94 Å². The number of hydrogen-bond acceptors (Lipinski definition) is 5. The van der Waals surface area contributed by atoms with Gasteiger partial charge in [0.05, 0.1) is 18.1 Å². The molecule has 0 aliphatic rings. The van der Waals surface area contributed by atoms with Crippen LogP contribution in [0.3, 0.4) is 0 Å². The summed E-state index contributed by atoms with van der Waals surface area (Å²) < 4.78 is 28.5. The fourth-order valence-corrected chi connectivity index (χ4v) is 4.56. The summed E-state index contributed by atoms with van der Waals surface area (Å²) in [4.78, 5) is 8.45. The van der Waals surface area contributed by atoms with Gasteiger partial charge >= 0.3 is 0 Å². The third-order valence-corrected chi connectivity index (χ3v) is 6.24. The minimum absolute atomic E-state index is 0.378. The van der Waals surface area contributed by atoms with Crippen LogP contribution >= 0.6 is 15.9 Å². The molecule has 0 saturated carbocycles. The van der Waals surface area contributed by atoms with Crippen LogP contribution < -0.4 is 10.6 Å². The maximum Gasteiger partial charge on any atom is 0.214 e. The Kier molecular flexibility index (Phi) is 5.81. The van der Waals surface area contributed by atoms with Crippen molar-refractivity contribution in [2.45, 2.75) is 11.4 Å². The molecule has 4 aromatic rings. The van der Waals surface area contributed by atoms with E-state index in [4.69, 9.17) is 0 Å². The van der Waals surface area contributed by atoms with Crippen LogP contribution in [0.15, 0.2) is 70.6 Å². The topological polar surface area (TPSA) is 77.8 Å². The van der Waals surface area contributed by atoms with Crippen LogP contribution in [0.2, 0.25) is 0 Å². The van der Waals surface area contributed by atoms with E-state index in [-0.39, 0.29) is 0 Å². The molecule has 1 unspecified atom stereocenters. The highest BCUT2D eigenvalue weighted by atomic mass is 79.9. The Morgan fingerprint density at radius 1 is 1.24 bits per heavy atom. The molecular formula is C20H17BrFN5OS. The van der Waals surface area contributed by atoms with Gasteiger partial charge in [0.15, 0.2) is 4.90 Å². The van der Waals surface area contributed by atoms with Gasteiger partial charge in [0.2, 0.25) is 5.95 Å². The summed E-state index contributed by atoms with van der Waals surface area (Å²) in [5.74, 6) is -0.560. The van der Waals surface area contributed by atoms with Crippen LogP contribution in [-0.2, 0) is 17.9 Å². The number of halogens is 2. The van der Waals surface area contributed by atoms with Gasteiger partial charge in [-0.05, 0) is 64.9 Å². The van der Waals surface area contributed by atoms with Crippen molar-refractivity contribution in [3.63, 3.8) is 0 Å². The molecule has 6 nitrogen and oxygen atoms in total. The van der Waals surface area contributed by atoms with Gasteiger partial charge in [-0.25, -0.2) is 4.98 Å². The largest absolute Gasteiger partial charge is 0.587 e. The molecule has 4 rings (SSSR count). The SMILES string of the molecule is CNCc1cn([S+]([O-])c2cccnc2)c2cc(Nc3ccc(F)nc3Br)ccc12. The second kappa shape index (κ2) is 8.50. The van der Waals surface area contributed by atoms with Gasteiger partial charge in [-0.2, -0.15) is 8.36 Å². The highest BCUT2D eigenvalue weighted by Crippen LogP contribution is 2.31. The van der Waals surface area contributed by atoms with E-state index in [1.165, 1.54) is 6.07 Å². The van der Waals surface area contributed by atoms with E-state index in [0.29, 0.717) is 21.7 Å². The first-order valence-corrected chi connectivity index (χ1v) is 10.7. The van der Waals surface area contributed by atoms with E-state index in [2.05, 4.69) is 36.5 Å². The Balaban J connectivity index is 1.77. The van der Waals surface area contributed by atoms with E-state index in [1.807, 2.05) is 31.4 Å². The highest BCUT2D eigenvalue weighted by Gasteiger charge is 2.20. The number of hydrogen-bond donors (Lipinski definition) is 2. The van der Waals surface area contributed by atoms with Gasteiger partial charge in [0.25, 0.3) is 0 Å². The summed E-state index contributed by atoms with van der Waals surface area (Å²) in [6, 6.07) is 12.3. The molecular weight excluding hydrogens is 457 g/mol. The Bertz CT molecular complexity index is 1150. The monoisotopic (exact) mass is 473 g/mol. The molecule has 1 atom stereocenters. The quantitative estimate of drug-likeness (QED) is 0.321. The standard InChI is InChI=1S/C20H17BrFN5OS/c1-23-10-13-12-27(29(28)15-3-2-8-24-11-15)18-9-14(4-5-16(13)18)25-17-6-7-19(22)26-20(17)21/h2-9,11-12,23,25H,10H2,1H3. The summed E-state index contributed by atoms with van der Waals surface area (Å²) >= 11 is 1.83. The summed E-state index contributed by atoms with van der Waals surface area (Å²) in [7, 11) is 1.87. The first-order valence-electron chi connectivity index (χ1n) is 8.77. The van der Waals surface area contributed by atoms with Gasteiger partial charge in [-0.1, -0.05) is 6.07 Å². The van der Waals surface area contributed by atoms with Gasteiger partial charge in [-0.3, -0.25) is 4.98 Å². The molecule has 0 bridgehead atoms. The van der Waals surface area contributed by atoms with Gasteiger partial charge in [-0.15, -0.1) is 0 Å². The van der Waals surface area contributed by atoms with Crippen LogP contribution in [0, 0.1) is 5.95 Å². The lowest BCUT2D eigenvalue weighted by atomic mass is 10.1. The number of fused-ring (bicyclic) bond motifs is 1. The molecule has 9 heteroatoms. The molecule has 29 heavy (non-hydrogen) atoms.